The second kappa shape index (κ2) is 4.44. The van der Waals surface area contributed by atoms with Crippen LogP contribution in [-0.4, -0.2) is 11.7 Å². The molecule has 0 aromatic heterocycles. The van der Waals surface area contributed by atoms with E-state index in [-0.39, 0.29) is 12.5 Å². The molecular weight excluding hydrogens is 286 g/mol. The van der Waals surface area contributed by atoms with Gasteiger partial charge >= 0.3 is 0 Å². The standard InChI is InChI=1S/C9H10ClIO/c1-6(5-12)7-2-3-9(11)8(10)4-7/h2-4,6,12H,5H2,1H3. The number of benzene rings is 1. The number of hydrogen-bond donors (Lipinski definition) is 1. The van der Waals surface area contributed by atoms with Crippen LogP contribution in [0.15, 0.2) is 18.2 Å². The lowest BCUT2D eigenvalue weighted by Gasteiger charge is -2.08. The minimum absolute atomic E-state index is 0.164. The Morgan fingerprint density at radius 2 is 2.25 bits per heavy atom. The summed E-state index contributed by atoms with van der Waals surface area (Å²) in [4.78, 5) is 0. The molecule has 3 heteroatoms. The molecule has 0 aliphatic carbocycles. The Morgan fingerprint density at radius 1 is 1.58 bits per heavy atom. The van der Waals surface area contributed by atoms with Crippen LogP contribution in [-0.2, 0) is 0 Å². The van der Waals surface area contributed by atoms with Gasteiger partial charge in [0.2, 0.25) is 0 Å². The first-order valence-corrected chi connectivity index (χ1v) is 5.16. The summed E-state index contributed by atoms with van der Waals surface area (Å²) in [6.45, 7) is 2.13. The fourth-order valence-corrected chi connectivity index (χ4v) is 1.45. The molecular formula is C9H10ClIO. The molecule has 0 aliphatic heterocycles. The van der Waals surface area contributed by atoms with Crippen molar-refractivity contribution in [3.63, 3.8) is 0 Å². The van der Waals surface area contributed by atoms with Crippen molar-refractivity contribution in [1.82, 2.24) is 0 Å². The Balaban J connectivity index is 2.96. The van der Waals surface area contributed by atoms with Gasteiger partial charge in [0.25, 0.3) is 0 Å². The summed E-state index contributed by atoms with van der Waals surface area (Å²) >= 11 is 8.11. The van der Waals surface area contributed by atoms with E-state index in [2.05, 4.69) is 22.6 Å². The van der Waals surface area contributed by atoms with Crippen molar-refractivity contribution in [2.24, 2.45) is 0 Å². The number of hydrogen-bond acceptors (Lipinski definition) is 1. The monoisotopic (exact) mass is 296 g/mol. The molecule has 12 heavy (non-hydrogen) atoms. The van der Waals surface area contributed by atoms with Crippen molar-refractivity contribution in [1.29, 1.82) is 0 Å². The zero-order valence-electron chi connectivity index (χ0n) is 6.72. The third-order valence-corrected chi connectivity index (χ3v) is 3.36. The van der Waals surface area contributed by atoms with Gasteiger partial charge in [0, 0.05) is 16.1 Å². The average molecular weight is 297 g/mol. The molecule has 0 amide bonds. The van der Waals surface area contributed by atoms with Crippen molar-refractivity contribution in [2.75, 3.05) is 6.61 Å². The van der Waals surface area contributed by atoms with E-state index >= 15 is 0 Å². The molecule has 0 spiro atoms. The minimum atomic E-state index is 0.164. The van der Waals surface area contributed by atoms with Crippen LogP contribution in [0.4, 0.5) is 0 Å². The number of aliphatic hydroxyl groups excluding tert-OH is 1. The van der Waals surface area contributed by atoms with E-state index in [1.807, 2.05) is 25.1 Å². The Hall–Kier alpha value is 0.200. The fraction of sp³-hybridized carbons (Fsp3) is 0.333. The van der Waals surface area contributed by atoms with Crippen LogP contribution in [0.5, 0.6) is 0 Å². The summed E-state index contributed by atoms with van der Waals surface area (Å²) in [5, 5.41) is 9.66. The van der Waals surface area contributed by atoms with Crippen LogP contribution in [0, 0.1) is 3.57 Å². The first kappa shape index (κ1) is 10.3. The predicted octanol–water partition coefficient (Wildman–Crippen LogP) is 3.04. The summed E-state index contributed by atoms with van der Waals surface area (Å²) in [5.74, 6) is 0.166. The van der Waals surface area contributed by atoms with Crippen molar-refractivity contribution >= 4 is 34.2 Å². The van der Waals surface area contributed by atoms with Gasteiger partial charge in [-0.2, -0.15) is 0 Å². The van der Waals surface area contributed by atoms with E-state index in [0.29, 0.717) is 0 Å². The largest absolute Gasteiger partial charge is 0.396 e. The molecule has 1 aromatic carbocycles. The number of aliphatic hydroxyl groups is 1. The molecule has 1 aromatic rings. The topological polar surface area (TPSA) is 20.2 Å². The van der Waals surface area contributed by atoms with Crippen molar-refractivity contribution in [3.05, 3.63) is 32.4 Å². The van der Waals surface area contributed by atoms with Crippen molar-refractivity contribution < 1.29 is 5.11 Å². The SMILES string of the molecule is CC(CO)c1ccc(I)c(Cl)c1. The van der Waals surface area contributed by atoms with Gasteiger partial charge in [-0.15, -0.1) is 0 Å². The molecule has 66 valence electrons. The lowest BCUT2D eigenvalue weighted by atomic mass is 10.0. The first-order valence-electron chi connectivity index (χ1n) is 3.71. The molecule has 1 N–H and O–H groups in total. The highest BCUT2D eigenvalue weighted by atomic mass is 127. The lowest BCUT2D eigenvalue weighted by Crippen LogP contribution is -1.98. The zero-order chi connectivity index (χ0) is 9.14. The van der Waals surface area contributed by atoms with Crippen molar-refractivity contribution in [2.45, 2.75) is 12.8 Å². The summed E-state index contributed by atoms with van der Waals surface area (Å²) in [6, 6.07) is 5.86. The highest BCUT2D eigenvalue weighted by molar-refractivity contribution is 14.1. The van der Waals surface area contributed by atoms with Gasteiger partial charge in [-0.05, 0) is 40.3 Å². The highest BCUT2D eigenvalue weighted by Crippen LogP contribution is 2.23. The predicted molar refractivity (Wildman–Crippen MR) is 59.7 cm³/mol. The van der Waals surface area contributed by atoms with Crippen LogP contribution in [0.1, 0.15) is 18.4 Å². The molecule has 1 rings (SSSR count). The van der Waals surface area contributed by atoms with Gasteiger partial charge in [-0.1, -0.05) is 24.6 Å². The van der Waals surface area contributed by atoms with Gasteiger partial charge in [0.05, 0.1) is 5.02 Å². The van der Waals surface area contributed by atoms with E-state index in [0.717, 1.165) is 14.2 Å². The van der Waals surface area contributed by atoms with Gasteiger partial charge in [-0.3, -0.25) is 0 Å². The van der Waals surface area contributed by atoms with Gasteiger partial charge in [-0.25, -0.2) is 0 Å². The Kier molecular flexibility index (Phi) is 3.80. The molecule has 0 radical (unpaired) electrons. The van der Waals surface area contributed by atoms with Gasteiger partial charge in [0.15, 0.2) is 0 Å². The lowest BCUT2D eigenvalue weighted by molar-refractivity contribution is 0.273. The van der Waals surface area contributed by atoms with Crippen LogP contribution in [0.3, 0.4) is 0 Å². The van der Waals surface area contributed by atoms with E-state index in [1.54, 1.807) is 0 Å². The quantitative estimate of drug-likeness (QED) is 0.832. The van der Waals surface area contributed by atoms with Crippen LogP contribution in [0.25, 0.3) is 0 Å². The molecule has 1 unspecified atom stereocenters. The smallest absolute Gasteiger partial charge is 0.0542 e. The normalized spacial score (nSPS) is 13.0. The van der Waals surface area contributed by atoms with E-state index in [1.165, 1.54) is 0 Å². The second-order valence-corrected chi connectivity index (χ2v) is 4.33. The van der Waals surface area contributed by atoms with E-state index in [9.17, 15) is 0 Å². The number of halogens is 2. The maximum absolute atomic E-state index is 8.90. The maximum Gasteiger partial charge on any atom is 0.0542 e. The van der Waals surface area contributed by atoms with E-state index in [4.69, 9.17) is 16.7 Å². The van der Waals surface area contributed by atoms with Gasteiger partial charge < -0.3 is 5.11 Å². The van der Waals surface area contributed by atoms with Crippen molar-refractivity contribution in [3.8, 4) is 0 Å². The Morgan fingerprint density at radius 3 is 2.75 bits per heavy atom. The number of rotatable bonds is 2. The summed E-state index contributed by atoms with van der Waals surface area (Å²) < 4.78 is 1.04. The third kappa shape index (κ3) is 2.34. The van der Waals surface area contributed by atoms with Gasteiger partial charge in [0.1, 0.15) is 0 Å². The molecule has 0 bridgehead atoms. The molecule has 0 fully saturated rings. The molecule has 0 saturated heterocycles. The molecule has 0 aliphatic rings. The third-order valence-electron chi connectivity index (χ3n) is 1.79. The average Bonchev–Trinajstić information content (AvgIpc) is 2.08. The van der Waals surface area contributed by atoms with Crippen LogP contribution in [0.2, 0.25) is 5.02 Å². The zero-order valence-corrected chi connectivity index (χ0v) is 9.63. The summed E-state index contributed by atoms with van der Waals surface area (Å²) in [7, 11) is 0. The molecule has 0 heterocycles. The minimum Gasteiger partial charge on any atom is -0.396 e. The van der Waals surface area contributed by atoms with Crippen LogP contribution >= 0.6 is 34.2 Å². The molecule has 1 atom stereocenters. The molecule has 1 nitrogen and oxygen atoms in total. The maximum atomic E-state index is 8.90. The highest BCUT2D eigenvalue weighted by Gasteiger charge is 2.05. The second-order valence-electron chi connectivity index (χ2n) is 2.76. The Labute approximate surface area is 90.9 Å². The van der Waals surface area contributed by atoms with Crippen LogP contribution < -0.4 is 0 Å². The first-order chi connectivity index (χ1) is 5.65. The summed E-state index contributed by atoms with van der Waals surface area (Å²) in [5.41, 5.74) is 1.09. The summed E-state index contributed by atoms with van der Waals surface area (Å²) in [6.07, 6.45) is 0. The Bertz CT molecular complexity index is 275. The fourth-order valence-electron chi connectivity index (χ4n) is 0.924. The molecule has 0 saturated carbocycles. The van der Waals surface area contributed by atoms with E-state index < -0.39 is 0 Å².